The smallest absolute Gasteiger partial charge is 0.274 e. The molecule has 142 valence electrons. The minimum atomic E-state index is -3.13. The number of thioether (sulfide) groups is 1. The lowest BCUT2D eigenvalue weighted by Crippen LogP contribution is -2.38. The molecule has 10 heteroatoms. The fourth-order valence-electron chi connectivity index (χ4n) is 3.09. The van der Waals surface area contributed by atoms with Crippen LogP contribution in [0, 0.1) is 0 Å². The highest BCUT2D eigenvalue weighted by Crippen LogP contribution is 2.44. The van der Waals surface area contributed by atoms with Crippen LogP contribution < -0.4 is 14.4 Å². The van der Waals surface area contributed by atoms with Gasteiger partial charge in [0.15, 0.2) is 15.0 Å². The third-order valence-corrected chi connectivity index (χ3v) is 7.41. The van der Waals surface area contributed by atoms with Crippen molar-refractivity contribution in [1.82, 2.24) is 0 Å². The number of methoxy groups -OCH3 is 3. The van der Waals surface area contributed by atoms with Gasteiger partial charge >= 0.3 is 0 Å². The maximum Gasteiger partial charge on any atom is 0.274 e. The topological polar surface area (TPSA) is 94.5 Å². The van der Waals surface area contributed by atoms with Crippen molar-refractivity contribution in [2.45, 2.75) is 11.3 Å². The van der Waals surface area contributed by atoms with Gasteiger partial charge in [0, 0.05) is 18.4 Å². The molecule has 2 saturated heterocycles. The van der Waals surface area contributed by atoms with Gasteiger partial charge in [-0.25, -0.2) is 8.42 Å². The summed E-state index contributed by atoms with van der Waals surface area (Å²) in [6, 6.07) is 4.95. The van der Waals surface area contributed by atoms with Gasteiger partial charge in [-0.3, -0.25) is 4.79 Å². The van der Waals surface area contributed by atoms with Gasteiger partial charge in [-0.1, -0.05) is 11.8 Å². The predicted octanol–water partition coefficient (Wildman–Crippen LogP) is 0.952. The largest absolute Gasteiger partial charge is 0.497 e. The van der Waals surface area contributed by atoms with Crippen molar-refractivity contribution >= 4 is 38.4 Å². The zero-order chi connectivity index (χ0) is 18.9. The Kier molecular flexibility index (Phi) is 5.44. The Balaban J connectivity index is 2.05. The van der Waals surface area contributed by atoms with E-state index in [0.717, 1.165) is 0 Å². The first-order chi connectivity index (χ1) is 12.4. The van der Waals surface area contributed by atoms with Crippen LogP contribution in [-0.2, 0) is 19.4 Å². The summed E-state index contributed by atoms with van der Waals surface area (Å²) in [5, 5.41) is 0.279. The van der Waals surface area contributed by atoms with Crippen LogP contribution in [0.25, 0.3) is 0 Å². The third-order valence-electron chi connectivity index (χ3n) is 4.20. The number of sulfone groups is 1. The normalized spacial score (nSPS) is 25.3. The van der Waals surface area contributed by atoms with Crippen LogP contribution in [0.1, 0.15) is 0 Å². The Bertz CT molecular complexity index is 839. The van der Waals surface area contributed by atoms with Gasteiger partial charge in [0.2, 0.25) is 0 Å². The number of rotatable bonds is 5. The fourth-order valence-corrected chi connectivity index (χ4v) is 7.02. The average Bonchev–Trinajstić information content (AvgIpc) is 3.05. The summed E-state index contributed by atoms with van der Waals surface area (Å²) in [6.07, 6.45) is 0. The van der Waals surface area contributed by atoms with E-state index in [2.05, 4.69) is 4.99 Å². The second-order valence-corrected chi connectivity index (χ2v) is 9.29. The number of fused-ring (bicyclic) bond motifs is 1. The number of carbonyl (C=O) groups excluding carboxylic acids is 1. The summed E-state index contributed by atoms with van der Waals surface area (Å²) in [7, 11) is 1.37. The highest BCUT2D eigenvalue weighted by molar-refractivity contribution is 8.16. The molecule has 1 aromatic carbocycles. The molecular weight excluding hydrogens is 380 g/mol. The molecule has 26 heavy (non-hydrogen) atoms. The fraction of sp³-hybridized carbons (Fsp3) is 0.500. The second-order valence-electron chi connectivity index (χ2n) is 5.93. The van der Waals surface area contributed by atoms with Crippen molar-refractivity contribution in [2.75, 3.05) is 44.3 Å². The highest BCUT2D eigenvalue weighted by Gasteiger charge is 2.50. The molecule has 0 aromatic heterocycles. The molecule has 0 spiro atoms. The van der Waals surface area contributed by atoms with E-state index in [1.54, 1.807) is 30.2 Å². The highest BCUT2D eigenvalue weighted by atomic mass is 32.2. The van der Waals surface area contributed by atoms with Crippen LogP contribution in [0.5, 0.6) is 11.5 Å². The first-order valence-electron chi connectivity index (χ1n) is 7.87. The minimum Gasteiger partial charge on any atom is -0.497 e. The van der Waals surface area contributed by atoms with Gasteiger partial charge in [0.1, 0.15) is 18.1 Å². The number of nitrogens with zero attached hydrogens (tertiary/aromatic N) is 2. The molecular formula is C16H20N2O6S2. The van der Waals surface area contributed by atoms with Gasteiger partial charge in [-0.05, 0) is 12.1 Å². The lowest BCUT2D eigenvalue weighted by molar-refractivity contribution is -0.121. The van der Waals surface area contributed by atoms with E-state index in [9.17, 15) is 13.2 Å². The van der Waals surface area contributed by atoms with Crippen molar-refractivity contribution in [3.05, 3.63) is 18.2 Å². The zero-order valence-corrected chi connectivity index (χ0v) is 16.3. The van der Waals surface area contributed by atoms with Crippen LogP contribution in [0.15, 0.2) is 23.2 Å². The van der Waals surface area contributed by atoms with Crippen molar-refractivity contribution in [3.63, 3.8) is 0 Å². The molecule has 0 aliphatic carbocycles. The number of hydrogen-bond donors (Lipinski definition) is 0. The number of benzene rings is 1. The number of amidine groups is 1. The van der Waals surface area contributed by atoms with Crippen LogP contribution in [0.4, 0.5) is 5.69 Å². The lowest BCUT2D eigenvalue weighted by Gasteiger charge is -2.26. The molecule has 0 radical (unpaired) electrons. The first-order valence-corrected chi connectivity index (χ1v) is 10.6. The first kappa shape index (κ1) is 19.0. The van der Waals surface area contributed by atoms with Crippen molar-refractivity contribution in [1.29, 1.82) is 0 Å². The number of hydrogen-bond acceptors (Lipinski definition) is 7. The Hall–Kier alpha value is -1.78. The molecule has 8 nitrogen and oxygen atoms in total. The van der Waals surface area contributed by atoms with Gasteiger partial charge in [0.25, 0.3) is 5.91 Å². The van der Waals surface area contributed by atoms with Crippen LogP contribution in [0.3, 0.4) is 0 Å². The number of amides is 1. The van der Waals surface area contributed by atoms with Gasteiger partial charge in [-0.15, -0.1) is 0 Å². The summed E-state index contributed by atoms with van der Waals surface area (Å²) in [5.74, 6) is 0.783. The quantitative estimate of drug-likeness (QED) is 0.721. The minimum absolute atomic E-state index is 0.0112. The molecule has 2 aliphatic rings. The Morgan fingerprint density at radius 1 is 1.27 bits per heavy atom. The Morgan fingerprint density at radius 3 is 2.69 bits per heavy atom. The molecule has 0 bridgehead atoms. The number of ether oxygens (including phenoxy) is 3. The third kappa shape index (κ3) is 3.67. The summed E-state index contributed by atoms with van der Waals surface area (Å²) in [5.41, 5.74) is 0.648. The lowest BCUT2D eigenvalue weighted by atomic mass is 10.2. The van der Waals surface area contributed by atoms with E-state index in [-0.39, 0.29) is 29.4 Å². The molecule has 1 aromatic rings. The van der Waals surface area contributed by atoms with E-state index < -0.39 is 15.7 Å². The molecule has 2 heterocycles. The van der Waals surface area contributed by atoms with E-state index in [0.29, 0.717) is 22.4 Å². The summed E-state index contributed by atoms with van der Waals surface area (Å²) in [6.45, 7) is -0.134. The van der Waals surface area contributed by atoms with E-state index in [1.165, 1.54) is 26.0 Å². The zero-order valence-electron chi connectivity index (χ0n) is 14.7. The van der Waals surface area contributed by atoms with E-state index >= 15 is 0 Å². The summed E-state index contributed by atoms with van der Waals surface area (Å²) < 4.78 is 39.7. The monoisotopic (exact) mass is 400 g/mol. The molecule has 1 amide bonds. The van der Waals surface area contributed by atoms with Gasteiger partial charge in [-0.2, -0.15) is 4.99 Å². The molecule has 2 fully saturated rings. The SMILES string of the molecule is COCC(=O)N=C1S[C@@H]2CS(=O)(=O)C[C@@H]2N1c1ccc(OC)cc1OC. The maximum absolute atomic E-state index is 12.1. The number of carbonyl (C=O) groups is 1. The van der Waals surface area contributed by atoms with Crippen LogP contribution >= 0.6 is 11.8 Å². The van der Waals surface area contributed by atoms with Crippen LogP contribution in [-0.4, -0.2) is 70.2 Å². The van der Waals surface area contributed by atoms with Gasteiger partial charge < -0.3 is 19.1 Å². The molecule has 2 atom stereocenters. The standard InChI is InChI=1S/C16H20N2O6S2/c1-22-7-15(19)17-16-18(12-8-26(20,21)9-14(12)25-16)11-5-4-10(23-2)6-13(11)24-3/h4-6,12,14H,7-9H2,1-3H3/t12-,14+/m0/s1. The Labute approximate surface area is 156 Å². The predicted molar refractivity (Wildman–Crippen MR) is 100 cm³/mol. The molecule has 0 N–H and O–H groups in total. The van der Waals surface area contributed by atoms with Crippen molar-refractivity contribution < 1.29 is 27.4 Å². The number of aliphatic imine (C=N–C) groups is 1. The van der Waals surface area contributed by atoms with Crippen molar-refractivity contribution in [3.8, 4) is 11.5 Å². The average molecular weight is 400 g/mol. The van der Waals surface area contributed by atoms with Gasteiger partial charge in [0.05, 0.1) is 37.5 Å². The number of anilines is 1. The Morgan fingerprint density at radius 2 is 2.04 bits per heavy atom. The molecule has 0 saturated carbocycles. The molecule has 0 unspecified atom stereocenters. The second kappa shape index (κ2) is 7.45. The van der Waals surface area contributed by atoms with E-state index in [4.69, 9.17) is 14.2 Å². The summed E-state index contributed by atoms with van der Waals surface area (Å²) in [4.78, 5) is 17.9. The maximum atomic E-state index is 12.1. The summed E-state index contributed by atoms with van der Waals surface area (Å²) >= 11 is 1.30. The van der Waals surface area contributed by atoms with Crippen molar-refractivity contribution in [2.24, 2.45) is 4.99 Å². The van der Waals surface area contributed by atoms with Crippen LogP contribution in [0.2, 0.25) is 0 Å². The molecule has 2 aliphatic heterocycles. The molecule has 3 rings (SSSR count). The van der Waals surface area contributed by atoms with E-state index in [1.807, 2.05) is 0 Å².